The van der Waals surface area contributed by atoms with E-state index in [0.29, 0.717) is 0 Å². The molecule has 0 spiro atoms. The molecule has 10 nitrogen and oxygen atoms in total. The van der Waals surface area contributed by atoms with Gasteiger partial charge in [-0.05, 0) is 0 Å². The van der Waals surface area contributed by atoms with E-state index >= 15 is 17.6 Å². The Kier molecular flexibility index (Phi) is 22.2. The molecule has 0 heterocycles. The minimum absolute atomic E-state index is 0.0575. The van der Waals surface area contributed by atoms with Crippen LogP contribution in [0.5, 0.6) is 23.0 Å². The van der Waals surface area contributed by atoms with E-state index in [1.54, 1.807) is 9.47 Å². The van der Waals surface area contributed by atoms with Crippen LogP contribution in [-0.2, 0) is 28.4 Å². The van der Waals surface area contributed by atoms with Gasteiger partial charge in [-0.3, -0.25) is 4.74 Å². The van der Waals surface area contributed by atoms with Gasteiger partial charge in [0.2, 0.25) is 52.9 Å². The molecule has 1 unspecified atom stereocenters. The van der Waals surface area contributed by atoms with E-state index in [2.05, 4.69) is 46.3 Å². The van der Waals surface area contributed by atoms with Crippen molar-refractivity contribution >= 4 is 12.2 Å². The average Bonchev–Trinajstić information content (AvgIpc) is 0.759. The summed E-state index contributed by atoms with van der Waals surface area (Å²) in [7, 11) is 0. The predicted octanol–water partition coefficient (Wildman–Crippen LogP) is 16.7. The van der Waals surface area contributed by atoms with Crippen LogP contribution >= 0.6 is 0 Å². The molecular weight excluding hydrogens is 1430 g/mol. The van der Waals surface area contributed by atoms with Gasteiger partial charge in [0.1, 0.15) is 6.61 Å². The fraction of sp³-hybridized carbons (Fsp3) is 0.364. The Morgan fingerprint density at radius 2 is 0.462 bits per heavy atom. The summed E-state index contributed by atoms with van der Waals surface area (Å²) < 4.78 is 581. The minimum Gasteiger partial charge on any atom is -0.482 e. The number of benzene rings is 4. The van der Waals surface area contributed by atoms with Crippen molar-refractivity contribution in [2.24, 2.45) is 0 Å². The first kappa shape index (κ1) is 78.0. The molecule has 93 heavy (non-hydrogen) atoms. The van der Waals surface area contributed by atoms with Gasteiger partial charge in [0.05, 0.1) is 22.3 Å². The van der Waals surface area contributed by atoms with Crippen LogP contribution in [0.2, 0.25) is 0 Å². The fourth-order valence-electron chi connectivity index (χ4n) is 6.05. The Bertz CT molecular complexity index is 3370. The summed E-state index contributed by atoms with van der Waals surface area (Å²) in [5, 5.41) is 0. The molecule has 0 fully saturated rings. The molecule has 0 radical (unpaired) electrons. The summed E-state index contributed by atoms with van der Waals surface area (Å²) in [5.74, 6) is -61.0. The first-order chi connectivity index (χ1) is 41.8. The Labute approximate surface area is 482 Å². The van der Waals surface area contributed by atoms with E-state index in [9.17, 15) is 154 Å². The van der Waals surface area contributed by atoms with Crippen LogP contribution in [0.4, 0.5) is 171 Å². The number of alkyl halides is 23. The highest BCUT2D eigenvalue weighted by Crippen LogP contribution is 2.52. The van der Waals surface area contributed by atoms with Crippen molar-refractivity contribution in [3.63, 3.8) is 0 Å². The topological polar surface area (TPSA) is 92.3 Å². The molecule has 0 saturated carbocycles. The standard InChI is InChI=1S/C44H15F39O10/c1-3-9-14(46)22(54)30(23(55)15(9)47)84-5-11(45)88-37(68,69)38(70,71)92-42(78,79)39(72,73)89-35(64,65)7-86-32-26(58)18(50)12(19(51)27(32)59)13-20(52)28(60)33(29(61)21(13)53)87-8-36(66,67)91-41(76,77)44(82,83)93-43(80,81)40(74,75)90-34(62,63)6-85-31-24(56)16(48)10(4-2)17(49)25(31)57/h3-4,11H,1-2,5-8H2. The molecule has 1 atom stereocenters. The number of rotatable bonds is 31. The fourth-order valence-corrected chi connectivity index (χ4v) is 6.05. The minimum atomic E-state index is -7.81. The molecule has 0 aliphatic heterocycles. The second-order valence-corrected chi connectivity index (χ2v) is 16.6. The van der Waals surface area contributed by atoms with E-state index in [0.717, 1.165) is 0 Å². The molecule has 0 saturated heterocycles. The van der Waals surface area contributed by atoms with Crippen LogP contribution in [0.15, 0.2) is 13.2 Å². The molecule has 4 aromatic carbocycles. The SMILES string of the molecule is C=Cc1c(F)c(F)c(OCC(F)OC(F)(F)C(F)(F)OC(F)(F)C(F)(F)OC(F)(F)COc2c(F)c(F)c(-c3c(F)c(F)c(OCC(F)(F)OC(F)(F)C(F)(F)OC(F)(F)C(F)(F)OC(F)(F)COc4c(F)c(F)c(C=C)c(F)c4F)c(F)c3F)c(F)c2F)c(F)c1F. The Morgan fingerprint density at radius 1 is 0.269 bits per heavy atom. The highest BCUT2D eigenvalue weighted by atomic mass is 19.4. The van der Waals surface area contributed by atoms with Crippen molar-refractivity contribution in [2.75, 3.05) is 26.4 Å². The zero-order valence-electron chi connectivity index (χ0n) is 42.3. The van der Waals surface area contributed by atoms with E-state index in [1.165, 1.54) is 0 Å². The van der Waals surface area contributed by atoms with Gasteiger partial charge in [-0.2, -0.15) is 132 Å². The van der Waals surface area contributed by atoms with Gasteiger partial charge in [-0.25, -0.2) is 63.2 Å². The van der Waals surface area contributed by atoms with Crippen molar-refractivity contribution in [1.29, 1.82) is 0 Å². The van der Waals surface area contributed by atoms with Gasteiger partial charge >= 0.3 is 67.2 Å². The normalized spacial score (nSPS) is 14.0. The number of ether oxygens (including phenoxy) is 10. The number of hydrogen-bond donors (Lipinski definition) is 0. The lowest BCUT2D eigenvalue weighted by molar-refractivity contribution is -0.557. The molecule has 4 aromatic rings. The molecule has 0 amide bonds. The third kappa shape index (κ3) is 15.9. The quantitative estimate of drug-likeness (QED) is 0.0358. The monoisotopic (exact) mass is 1440 g/mol. The highest BCUT2D eigenvalue weighted by Gasteiger charge is 2.75. The summed E-state index contributed by atoms with van der Waals surface area (Å²) in [6.45, 7) is -7.85. The Balaban J connectivity index is 1.48. The van der Waals surface area contributed by atoms with Crippen LogP contribution in [-0.4, -0.2) is 100.0 Å². The molecule has 0 aromatic heterocycles. The van der Waals surface area contributed by atoms with Crippen LogP contribution in [0.25, 0.3) is 23.3 Å². The number of hydrogen-bond acceptors (Lipinski definition) is 10. The first-order valence-electron chi connectivity index (χ1n) is 22.0. The molecule has 0 N–H and O–H groups in total. The number of halogens is 39. The summed E-state index contributed by atoms with van der Waals surface area (Å²) in [6, 6.07) is 0. The summed E-state index contributed by atoms with van der Waals surface area (Å²) >= 11 is 0. The van der Waals surface area contributed by atoms with Gasteiger partial charge in [-0.1, -0.05) is 25.3 Å². The van der Waals surface area contributed by atoms with Crippen molar-refractivity contribution in [3.8, 4) is 34.1 Å². The second-order valence-electron chi connectivity index (χ2n) is 16.6. The van der Waals surface area contributed by atoms with Gasteiger partial charge in [0.15, 0.2) is 89.4 Å². The van der Waals surface area contributed by atoms with Gasteiger partial charge in [0.25, 0.3) is 0 Å². The van der Waals surface area contributed by atoms with Gasteiger partial charge < -0.3 is 18.9 Å². The molecular formula is C44H15F39O10. The smallest absolute Gasteiger partial charge is 0.453 e. The Morgan fingerprint density at radius 3 is 0.688 bits per heavy atom. The highest BCUT2D eigenvalue weighted by molar-refractivity contribution is 5.69. The van der Waals surface area contributed by atoms with Crippen LogP contribution < -0.4 is 18.9 Å². The molecule has 49 heteroatoms. The summed E-state index contributed by atoms with van der Waals surface area (Å²) in [5.41, 5.74) is -9.74. The predicted molar refractivity (Wildman–Crippen MR) is 212 cm³/mol. The van der Waals surface area contributed by atoms with E-state index in [-0.39, 0.29) is 12.2 Å². The van der Waals surface area contributed by atoms with Gasteiger partial charge in [0, 0.05) is 0 Å². The lowest BCUT2D eigenvalue weighted by atomic mass is 10.0. The van der Waals surface area contributed by atoms with E-state index < -0.39 is 238 Å². The van der Waals surface area contributed by atoms with Crippen LogP contribution in [0, 0.1) is 93.1 Å². The third-order valence-corrected chi connectivity index (χ3v) is 10.1. The lowest BCUT2D eigenvalue weighted by Crippen LogP contribution is -2.58. The van der Waals surface area contributed by atoms with Crippen molar-refractivity contribution in [3.05, 3.63) is 117 Å². The zero-order valence-corrected chi connectivity index (χ0v) is 42.3. The molecule has 0 aliphatic rings. The summed E-state index contributed by atoms with van der Waals surface area (Å²) in [4.78, 5) is 0. The maximum absolute atomic E-state index is 15.1. The largest absolute Gasteiger partial charge is 0.482 e. The molecule has 0 bridgehead atoms. The van der Waals surface area contributed by atoms with E-state index in [1.807, 2.05) is 4.74 Å². The van der Waals surface area contributed by atoms with E-state index in [4.69, 9.17) is 0 Å². The molecule has 0 aliphatic carbocycles. The first-order valence-corrected chi connectivity index (χ1v) is 22.0. The lowest BCUT2D eigenvalue weighted by Gasteiger charge is -2.34. The molecule has 524 valence electrons. The molecule has 4 rings (SSSR count). The average molecular weight is 1440 g/mol. The van der Waals surface area contributed by atoms with Crippen molar-refractivity contribution in [1.82, 2.24) is 0 Å². The summed E-state index contributed by atoms with van der Waals surface area (Å²) in [6.07, 6.45) is -84.4. The third-order valence-electron chi connectivity index (χ3n) is 10.1. The van der Waals surface area contributed by atoms with Crippen molar-refractivity contribution in [2.45, 2.75) is 73.6 Å². The maximum atomic E-state index is 15.1. The Hall–Kier alpha value is -7.41. The zero-order chi connectivity index (χ0) is 72.2. The second kappa shape index (κ2) is 26.4. The van der Waals surface area contributed by atoms with Crippen LogP contribution in [0.1, 0.15) is 11.1 Å². The maximum Gasteiger partial charge on any atom is 0.453 e. The van der Waals surface area contributed by atoms with Crippen LogP contribution in [0.3, 0.4) is 0 Å². The van der Waals surface area contributed by atoms with Gasteiger partial charge in [-0.15, -0.1) is 0 Å². The van der Waals surface area contributed by atoms with Crippen molar-refractivity contribution < 1.29 is 219 Å².